The monoisotopic (exact) mass is 221 g/mol. The van der Waals surface area contributed by atoms with Gasteiger partial charge in [0.15, 0.2) is 0 Å². The Bertz CT molecular complexity index is 361. The van der Waals surface area contributed by atoms with Crippen LogP contribution in [0.1, 0.15) is 17.0 Å². The highest BCUT2D eigenvalue weighted by Crippen LogP contribution is 2.21. The van der Waals surface area contributed by atoms with Crippen molar-refractivity contribution in [1.82, 2.24) is 4.90 Å². The lowest BCUT2D eigenvalue weighted by Crippen LogP contribution is -2.27. The van der Waals surface area contributed by atoms with Crippen molar-refractivity contribution in [3.05, 3.63) is 35.4 Å². The zero-order valence-corrected chi connectivity index (χ0v) is 10.4. The number of carbonyl (C=O) groups is 1. The van der Waals surface area contributed by atoms with Crippen molar-refractivity contribution in [2.45, 2.75) is 12.8 Å². The van der Waals surface area contributed by atoms with Crippen molar-refractivity contribution in [3.8, 4) is 0 Å². The SMILES string of the molecule is COC(=O)C(CN(C)C)c1ccccc1C. The van der Waals surface area contributed by atoms with E-state index in [0.29, 0.717) is 6.54 Å². The molecule has 0 amide bonds. The van der Waals surface area contributed by atoms with Crippen LogP contribution in [-0.2, 0) is 9.53 Å². The Balaban J connectivity index is 3.01. The maximum Gasteiger partial charge on any atom is 0.314 e. The fourth-order valence-corrected chi connectivity index (χ4v) is 1.79. The number of carbonyl (C=O) groups excluding carboxylic acids is 1. The number of aryl methyl sites for hydroxylation is 1. The standard InChI is InChI=1S/C13H19NO2/c1-10-7-5-6-8-11(10)12(9-14(2)3)13(15)16-4/h5-8,12H,9H2,1-4H3. The fourth-order valence-electron chi connectivity index (χ4n) is 1.79. The van der Waals surface area contributed by atoms with Crippen LogP contribution in [0.25, 0.3) is 0 Å². The van der Waals surface area contributed by atoms with Crippen molar-refractivity contribution >= 4 is 5.97 Å². The van der Waals surface area contributed by atoms with E-state index in [2.05, 4.69) is 0 Å². The van der Waals surface area contributed by atoms with E-state index in [0.717, 1.165) is 11.1 Å². The minimum Gasteiger partial charge on any atom is -0.469 e. The van der Waals surface area contributed by atoms with Gasteiger partial charge < -0.3 is 9.64 Å². The van der Waals surface area contributed by atoms with Crippen LogP contribution in [0.2, 0.25) is 0 Å². The topological polar surface area (TPSA) is 29.5 Å². The molecule has 0 bridgehead atoms. The molecule has 0 N–H and O–H groups in total. The van der Waals surface area contributed by atoms with Crippen molar-refractivity contribution in [2.75, 3.05) is 27.7 Å². The molecule has 1 aromatic rings. The van der Waals surface area contributed by atoms with Gasteiger partial charge in [-0.2, -0.15) is 0 Å². The summed E-state index contributed by atoms with van der Waals surface area (Å²) >= 11 is 0. The van der Waals surface area contributed by atoms with E-state index in [1.54, 1.807) is 0 Å². The van der Waals surface area contributed by atoms with E-state index in [-0.39, 0.29) is 11.9 Å². The lowest BCUT2D eigenvalue weighted by Gasteiger charge is -2.20. The number of rotatable bonds is 4. The third kappa shape index (κ3) is 3.07. The van der Waals surface area contributed by atoms with E-state index < -0.39 is 0 Å². The molecule has 1 aromatic carbocycles. The second-order valence-electron chi connectivity index (χ2n) is 4.19. The summed E-state index contributed by atoms with van der Waals surface area (Å²) in [6.07, 6.45) is 0. The molecule has 0 spiro atoms. The highest BCUT2D eigenvalue weighted by Gasteiger charge is 2.23. The van der Waals surface area contributed by atoms with Gasteiger partial charge >= 0.3 is 5.97 Å². The van der Waals surface area contributed by atoms with E-state index in [1.165, 1.54) is 7.11 Å². The van der Waals surface area contributed by atoms with Gasteiger partial charge in [-0.3, -0.25) is 4.79 Å². The molecule has 1 atom stereocenters. The third-order valence-corrected chi connectivity index (χ3v) is 2.60. The number of hydrogen-bond donors (Lipinski definition) is 0. The van der Waals surface area contributed by atoms with Crippen molar-refractivity contribution in [3.63, 3.8) is 0 Å². The maximum absolute atomic E-state index is 11.8. The Labute approximate surface area is 97.0 Å². The number of ether oxygens (including phenoxy) is 1. The van der Waals surface area contributed by atoms with Gasteiger partial charge in [-0.05, 0) is 32.1 Å². The predicted molar refractivity (Wildman–Crippen MR) is 64.5 cm³/mol. The maximum atomic E-state index is 11.8. The van der Waals surface area contributed by atoms with Crippen LogP contribution in [-0.4, -0.2) is 38.6 Å². The van der Waals surface area contributed by atoms with Gasteiger partial charge in [0, 0.05) is 6.54 Å². The zero-order valence-electron chi connectivity index (χ0n) is 10.4. The molecule has 0 saturated carbocycles. The van der Waals surface area contributed by atoms with Crippen molar-refractivity contribution in [2.24, 2.45) is 0 Å². The molecular formula is C13H19NO2. The van der Waals surface area contributed by atoms with Gasteiger partial charge in [0.25, 0.3) is 0 Å². The first kappa shape index (κ1) is 12.7. The molecule has 0 fully saturated rings. The number of methoxy groups -OCH3 is 1. The molecule has 1 rings (SSSR count). The van der Waals surface area contributed by atoms with Crippen molar-refractivity contribution in [1.29, 1.82) is 0 Å². The molecule has 0 aliphatic carbocycles. The molecule has 0 heterocycles. The molecule has 16 heavy (non-hydrogen) atoms. The Morgan fingerprint density at radius 1 is 1.38 bits per heavy atom. The molecule has 3 heteroatoms. The molecule has 0 saturated heterocycles. The minimum absolute atomic E-state index is 0.178. The lowest BCUT2D eigenvalue weighted by molar-refractivity contribution is -0.142. The first-order chi connectivity index (χ1) is 7.56. The Hall–Kier alpha value is -1.35. The van der Waals surface area contributed by atoms with Crippen LogP contribution >= 0.6 is 0 Å². The molecule has 1 unspecified atom stereocenters. The molecule has 0 aromatic heterocycles. The minimum atomic E-state index is -0.207. The molecule has 88 valence electrons. The number of likely N-dealkylation sites (N-methyl/N-ethyl adjacent to an activating group) is 1. The van der Waals surface area contributed by atoms with Gasteiger partial charge in [0.05, 0.1) is 13.0 Å². The first-order valence-electron chi connectivity index (χ1n) is 5.34. The summed E-state index contributed by atoms with van der Waals surface area (Å²) in [5, 5.41) is 0. The van der Waals surface area contributed by atoms with E-state index in [1.807, 2.05) is 50.2 Å². The van der Waals surface area contributed by atoms with Crippen LogP contribution in [0.5, 0.6) is 0 Å². The van der Waals surface area contributed by atoms with Crippen LogP contribution < -0.4 is 0 Å². The second-order valence-corrected chi connectivity index (χ2v) is 4.19. The van der Waals surface area contributed by atoms with Gasteiger partial charge in [-0.25, -0.2) is 0 Å². The molecule has 0 radical (unpaired) electrons. The Morgan fingerprint density at radius 2 is 2.00 bits per heavy atom. The highest BCUT2D eigenvalue weighted by atomic mass is 16.5. The van der Waals surface area contributed by atoms with Crippen LogP contribution in [0.4, 0.5) is 0 Å². The largest absolute Gasteiger partial charge is 0.469 e. The van der Waals surface area contributed by atoms with Gasteiger partial charge in [0.2, 0.25) is 0 Å². The average molecular weight is 221 g/mol. The summed E-state index contributed by atoms with van der Waals surface area (Å²) in [5.74, 6) is -0.385. The average Bonchev–Trinajstić information content (AvgIpc) is 2.26. The summed E-state index contributed by atoms with van der Waals surface area (Å²) in [4.78, 5) is 13.7. The lowest BCUT2D eigenvalue weighted by atomic mass is 9.94. The number of nitrogens with zero attached hydrogens (tertiary/aromatic N) is 1. The normalized spacial score (nSPS) is 12.6. The van der Waals surface area contributed by atoms with Crippen molar-refractivity contribution < 1.29 is 9.53 Å². The quantitative estimate of drug-likeness (QED) is 0.726. The van der Waals surface area contributed by atoms with E-state index in [9.17, 15) is 4.79 Å². The summed E-state index contributed by atoms with van der Waals surface area (Å²) in [6, 6.07) is 7.93. The van der Waals surface area contributed by atoms with Crippen LogP contribution in [0, 0.1) is 6.92 Å². The smallest absolute Gasteiger partial charge is 0.314 e. The molecule has 0 aliphatic rings. The summed E-state index contributed by atoms with van der Waals surface area (Å²) in [7, 11) is 5.34. The summed E-state index contributed by atoms with van der Waals surface area (Å²) < 4.78 is 4.86. The number of hydrogen-bond acceptors (Lipinski definition) is 3. The van der Waals surface area contributed by atoms with Crippen LogP contribution in [0.15, 0.2) is 24.3 Å². The van der Waals surface area contributed by atoms with Gasteiger partial charge in [0.1, 0.15) is 0 Å². The molecule has 3 nitrogen and oxygen atoms in total. The second kappa shape index (κ2) is 5.66. The van der Waals surface area contributed by atoms with Gasteiger partial charge in [-0.1, -0.05) is 24.3 Å². The predicted octanol–water partition coefficient (Wildman–Crippen LogP) is 1.81. The summed E-state index contributed by atoms with van der Waals surface area (Å²) in [6.45, 7) is 2.68. The fraction of sp³-hybridized carbons (Fsp3) is 0.462. The third-order valence-electron chi connectivity index (χ3n) is 2.60. The number of esters is 1. The summed E-state index contributed by atoms with van der Waals surface area (Å²) in [5.41, 5.74) is 2.17. The molecule has 0 aliphatic heterocycles. The zero-order chi connectivity index (χ0) is 12.1. The Morgan fingerprint density at radius 3 is 2.50 bits per heavy atom. The highest BCUT2D eigenvalue weighted by molar-refractivity contribution is 5.78. The molecular weight excluding hydrogens is 202 g/mol. The number of benzene rings is 1. The van der Waals surface area contributed by atoms with Gasteiger partial charge in [-0.15, -0.1) is 0 Å². The van der Waals surface area contributed by atoms with E-state index in [4.69, 9.17) is 4.74 Å². The van der Waals surface area contributed by atoms with E-state index >= 15 is 0 Å². The first-order valence-corrected chi connectivity index (χ1v) is 5.34. The van der Waals surface area contributed by atoms with Crippen LogP contribution in [0.3, 0.4) is 0 Å². The Kier molecular flexibility index (Phi) is 4.50.